The molecule has 1 aromatic carbocycles. The number of unbranched alkanes of at least 4 members (excludes halogenated alkanes) is 1. The second kappa shape index (κ2) is 23.0. The van der Waals surface area contributed by atoms with Crippen LogP contribution in [0.4, 0.5) is 0 Å². The summed E-state index contributed by atoms with van der Waals surface area (Å²) in [6, 6.07) is 2.83. The van der Waals surface area contributed by atoms with Crippen LogP contribution in [0.2, 0.25) is 0 Å². The van der Waals surface area contributed by atoms with Gasteiger partial charge in [-0.1, -0.05) is 98.1 Å². The number of ether oxygens (including phenoxy) is 1. The lowest BCUT2D eigenvalue weighted by atomic mass is 9.94. The highest BCUT2D eigenvalue weighted by Crippen LogP contribution is 2.20. The van der Waals surface area contributed by atoms with E-state index in [2.05, 4.69) is 22.9 Å². The Morgan fingerprint density at radius 1 is 0.632 bits per heavy atom. The lowest BCUT2D eigenvalue weighted by Crippen LogP contribution is -2.60. The van der Waals surface area contributed by atoms with Gasteiger partial charge in [-0.05, 0) is 62.8 Å². The van der Waals surface area contributed by atoms with E-state index in [4.69, 9.17) is 4.74 Å². The molecule has 1 aliphatic rings. The molecule has 2 rings (SSSR count). The van der Waals surface area contributed by atoms with E-state index < -0.39 is 83.8 Å². The molecule has 320 valence electrons. The average molecular weight is 799 g/mol. The van der Waals surface area contributed by atoms with E-state index in [9.17, 15) is 33.6 Å². The van der Waals surface area contributed by atoms with Crippen LogP contribution in [0.25, 0.3) is 0 Å². The van der Waals surface area contributed by atoms with Crippen molar-refractivity contribution >= 4 is 41.4 Å². The maximum atomic E-state index is 14.6. The van der Waals surface area contributed by atoms with Crippen LogP contribution in [0, 0.1) is 17.8 Å². The summed E-state index contributed by atoms with van der Waals surface area (Å²) in [5.41, 5.74) is 0.778. The smallest absolute Gasteiger partial charge is 0.329 e. The van der Waals surface area contributed by atoms with Crippen LogP contribution in [-0.2, 0) is 44.7 Å². The summed E-state index contributed by atoms with van der Waals surface area (Å²) in [5.74, 6) is -4.30. The molecule has 6 amide bonds. The minimum absolute atomic E-state index is 0.0248. The number of nitrogens with one attached hydrogen (secondary N) is 3. The van der Waals surface area contributed by atoms with E-state index in [0.29, 0.717) is 0 Å². The second-order valence-corrected chi connectivity index (χ2v) is 16.7. The Kier molecular flexibility index (Phi) is 19.7. The number of esters is 1. The van der Waals surface area contributed by atoms with Gasteiger partial charge in [0.05, 0.1) is 0 Å². The second-order valence-electron chi connectivity index (χ2n) is 16.7. The number of amides is 6. The molecule has 0 aliphatic carbocycles. The highest BCUT2D eigenvalue weighted by Gasteiger charge is 2.39. The van der Waals surface area contributed by atoms with Crippen molar-refractivity contribution in [2.24, 2.45) is 17.8 Å². The van der Waals surface area contributed by atoms with Gasteiger partial charge in [0.15, 0.2) is 6.10 Å². The normalized spacial score (nSPS) is 26.2. The summed E-state index contributed by atoms with van der Waals surface area (Å²) >= 11 is 0. The molecule has 0 saturated carbocycles. The van der Waals surface area contributed by atoms with Gasteiger partial charge in [-0.15, -0.1) is 0 Å². The number of carbonyl (C=O) groups is 7. The van der Waals surface area contributed by atoms with E-state index in [1.54, 1.807) is 6.92 Å². The summed E-state index contributed by atoms with van der Waals surface area (Å²) in [6.45, 7) is 16.3. The third kappa shape index (κ3) is 14.4. The molecular weight excluding hydrogens is 729 g/mol. The number of likely N-dealkylation sites (N-methyl/N-ethyl adjacent to an activating group) is 3. The van der Waals surface area contributed by atoms with E-state index in [0.717, 1.165) is 24.8 Å². The van der Waals surface area contributed by atoms with Crippen molar-refractivity contribution in [1.82, 2.24) is 30.7 Å². The SMILES string of the molecule is CCCC[C@@H](C)CC1NC(=O)[C@H](Cc2ccccc2)N(C)C(=O)[C@H](CC(C)C)NC(=O)C(CC(C)C)N(C)C(=O)C(CC)NC(=O)[C@@H](C)OC(=O)[C@H](C)N(C)C1=O. The molecule has 0 spiro atoms. The molecule has 57 heavy (non-hydrogen) atoms. The standard InChI is InChI=1S/C43H70N6O8/c1-13-15-19-28(7)24-34-41(54)47(10)29(8)43(56)57-30(9)37(50)44-32(14-2)40(53)48(11)35(23-27(5)6)38(51)45-33(22-26(3)4)42(55)49(12)36(39(52)46-34)25-31-20-17-16-18-21-31/h16-18,20-21,26-30,32-36H,13-15,19,22-25H2,1-12H3,(H,44,50)(H,45,51)(H,46,52)/t28-,29+,30-,32?,33+,34?,35?,36+/m1/s1. The van der Waals surface area contributed by atoms with Crippen molar-refractivity contribution < 1.29 is 38.3 Å². The lowest BCUT2D eigenvalue weighted by Gasteiger charge is -2.35. The minimum atomic E-state index is -1.32. The first-order chi connectivity index (χ1) is 26.7. The number of hydrogen-bond acceptors (Lipinski definition) is 8. The molecule has 1 saturated heterocycles. The zero-order chi connectivity index (χ0) is 43.1. The van der Waals surface area contributed by atoms with Gasteiger partial charge >= 0.3 is 5.97 Å². The lowest BCUT2D eigenvalue weighted by molar-refractivity contribution is -0.162. The largest absolute Gasteiger partial charge is 0.451 e. The Balaban J connectivity index is 2.78. The van der Waals surface area contributed by atoms with E-state index in [1.807, 2.05) is 65.0 Å². The Hall–Kier alpha value is -4.49. The fraction of sp³-hybridized carbons (Fsp3) is 0.698. The van der Waals surface area contributed by atoms with Crippen LogP contribution >= 0.6 is 0 Å². The minimum Gasteiger partial charge on any atom is -0.451 e. The van der Waals surface area contributed by atoms with Gasteiger partial charge in [0.25, 0.3) is 5.91 Å². The first-order valence-corrected chi connectivity index (χ1v) is 20.7. The number of carbonyl (C=O) groups excluding carboxylic acids is 7. The monoisotopic (exact) mass is 799 g/mol. The van der Waals surface area contributed by atoms with Gasteiger partial charge in [-0.3, -0.25) is 28.8 Å². The van der Waals surface area contributed by atoms with Gasteiger partial charge in [0.1, 0.15) is 36.3 Å². The molecule has 14 nitrogen and oxygen atoms in total. The number of hydrogen-bond donors (Lipinski definition) is 3. The molecule has 0 bridgehead atoms. The first kappa shape index (κ1) is 48.7. The predicted octanol–water partition coefficient (Wildman–Crippen LogP) is 3.85. The van der Waals surface area contributed by atoms with E-state index in [-0.39, 0.29) is 49.9 Å². The Labute approximate surface area is 340 Å². The zero-order valence-corrected chi connectivity index (χ0v) is 36.4. The molecule has 1 aromatic rings. The van der Waals surface area contributed by atoms with Gasteiger partial charge < -0.3 is 35.4 Å². The third-order valence-corrected chi connectivity index (χ3v) is 10.8. The van der Waals surface area contributed by atoms with Crippen molar-refractivity contribution in [2.45, 2.75) is 156 Å². The molecular formula is C43H70N6O8. The number of nitrogens with zero attached hydrogens (tertiary/aromatic N) is 3. The first-order valence-electron chi connectivity index (χ1n) is 20.7. The summed E-state index contributed by atoms with van der Waals surface area (Å²) in [4.78, 5) is 102. The average Bonchev–Trinajstić information content (AvgIpc) is 3.17. The van der Waals surface area contributed by atoms with Crippen LogP contribution in [0.15, 0.2) is 30.3 Å². The summed E-state index contributed by atoms with van der Waals surface area (Å²) in [6.07, 6.45) is 2.44. The quantitative estimate of drug-likeness (QED) is 0.268. The van der Waals surface area contributed by atoms with Crippen LogP contribution in [0.3, 0.4) is 0 Å². The highest BCUT2D eigenvalue weighted by molar-refractivity contribution is 5.97. The maximum Gasteiger partial charge on any atom is 0.329 e. The third-order valence-electron chi connectivity index (χ3n) is 10.8. The topological polar surface area (TPSA) is 175 Å². The number of cyclic esters (lactones) is 1. The highest BCUT2D eigenvalue weighted by atomic mass is 16.5. The Bertz CT molecular complexity index is 1520. The van der Waals surface area contributed by atoms with Crippen molar-refractivity contribution in [3.8, 4) is 0 Å². The van der Waals surface area contributed by atoms with Gasteiger partial charge in [0.2, 0.25) is 29.5 Å². The van der Waals surface area contributed by atoms with Crippen LogP contribution in [0.1, 0.15) is 113 Å². The fourth-order valence-corrected chi connectivity index (χ4v) is 7.00. The molecule has 14 heteroatoms. The molecule has 1 aliphatic heterocycles. The molecule has 3 N–H and O–H groups in total. The molecule has 0 aromatic heterocycles. The molecule has 1 heterocycles. The van der Waals surface area contributed by atoms with Crippen LogP contribution < -0.4 is 16.0 Å². The van der Waals surface area contributed by atoms with Crippen LogP contribution in [0.5, 0.6) is 0 Å². The van der Waals surface area contributed by atoms with E-state index >= 15 is 0 Å². The van der Waals surface area contributed by atoms with Gasteiger partial charge in [-0.25, -0.2) is 4.79 Å². The predicted molar refractivity (Wildman–Crippen MR) is 219 cm³/mol. The molecule has 0 radical (unpaired) electrons. The number of benzene rings is 1. The summed E-state index contributed by atoms with van der Waals surface area (Å²) < 4.78 is 5.52. The number of rotatable bonds is 12. The van der Waals surface area contributed by atoms with Gasteiger partial charge in [-0.2, -0.15) is 0 Å². The van der Waals surface area contributed by atoms with Gasteiger partial charge in [0, 0.05) is 27.6 Å². The Morgan fingerprint density at radius 2 is 1.12 bits per heavy atom. The summed E-state index contributed by atoms with van der Waals surface area (Å²) in [7, 11) is 4.45. The molecule has 1 fully saturated rings. The molecule has 3 unspecified atom stereocenters. The Morgan fingerprint density at radius 3 is 1.67 bits per heavy atom. The maximum absolute atomic E-state index is 14.6. The summed E-state index contributed by atoms with van der Waals surface area (Å²) in [5, 5.41) is 8.55. The fourth-order valence-electron chi connectivity index (χ4n) is 7.00. The van der Waals surface area contributed by atoms with Crippen molar-refractivity contribution in [2.75, 3.05) is 21.1 Å². The van der Waals surface area contributed by atoms with Crippen molar-refractivity contribution in [3.63, 3.8) is 0 Å². The zero-order valence-electron chi connectivity index (χ0n) is 36.4. The van der Waals surface area contributed by atoms with Crippen LogP contribution in [-0.4, -0.2) is 120 Å². The molecule has 8 atom stereocenters. The van der Waals surface area contributed by atoms with Crippen molar-refractivity contribution in [3.05, 3.63) is 35.9 Å². The van der Waals surface area contributed by atoms with Crippen molar-refractivity contribution in [1.29, 1.82) is 0 Å². The van der Waals surface area contributed by atoms with E-state index in [1.165, 1.54) is 49.7 Å².